The number of carbonyl (C=O) groups is 2. The van der Waals surface area contributed by atoms with Crippen LogP contribution in [0, 0.1) is 6.92 Å². The number of aldehydes is 1. The van der Waals surface area contributed by atoms with Gasteiger partial charge in [0, 0.05) is 12.0 Å². The highest BCUT2D eigenvalue weighted by molar-refractivity contribution is 6.00. The summed E-state index contributed by atoms with van der Waals surface area (Å²) in [7, 11) is 1.34. The smallest absolute Gasteiger partial charge is 0.200 e. The van der Waals surface area contributed by atoms with Gasteiger partial charge >= 0.3 is 0 Å². The molecule has 1 saturated heterocycles. The largest absolute Gasteiger partial charge is 0.504 e. The van der Waals surface area contributed by atoms with Crippen molar-refractivity contribution in [1.29, 1.82) is 0 Å². The first kappa shape index (κ1) is 23.7. The van der Waals surface area contributed by atoms with E-state index in [2.05, 4.69) is 4.90 Å². The number of ether oxygens (including phenoxy) is 1. The Bertz CT molecular complexity index is 1270. The maximum Gasteiger partial charge on any atom is 0.200 e. The highest BCUT2D eigenvalue weighted by atomic mass is 16.5. The number of ketones is 1. The lowest BCUT2D eigenvalue weighted by molar-refractivity contribution is 0.0972. The van der Waals surface area contributed by atoms with Crippen LogP contribution >= 0.6 is 0 Å². The number of methoxy groups -OCH3 is 1. The summed E-state index contributed by atoms with van der Waals surface area (Å²) in [6.45, 7) is 4.82. The van der Waals surface area contributed by atoms with Crippen molar-refractivity contribution in [3.63, 3.8) is 0 Å². The molecule has 2 aromatic carbocycles. The molecule has 1 N–H and O–H groups in total. The molecule has 2 heterocycles. The van der Waals surface area contributed by atoms with Gasteiger partial charge in [-0.25, -0.2) is 0 Å². The second kappa shape index (κ2) is 10.2. The minimum absolute atomic E-state index is 0.0139. The fraction of sp³-hybridized carbons (Fsp3) is 0.370. The highest BCUT2D eigenvalue weighted by Gasteiger charge is 2.21. The van der Waals surface area contributed by atoms with Crippen LogP contribution in [0.1, 0.15) is 58.6 Å². The third kappa shape index (κ3) is 4.61. The quantitative estimate of drug-likeness (QED) is 0.380. The molecule has 0 aliphatic carbocycles. The summed E-state index contributed by atoms with van der Waals surface area (Å²) in [6.07, 6.45) is 5.54. The molecule has 0 atom stereocenters. The van der Waals surface area contributed by atoms with Crippen LogP contribution in [0.2, 0.25) is 0 Å². The molecule has 0 bridgehead atoms. The molecule has 1 aromatic heterocycles. The number of nitrogens with zero attached hydrogens (tertiary/aromatic N) is 1. The van der Waals surface area contributed by atoms with Crippen molar-refractivity contribution in [1.82, 2.24) is 4.90 Å². The van der Waals surface area contributed by atoms with Gasteiger partial charge in [-0.15, -0.1) is 0 Å². The Balaban J connectivity index is 1.58. The number of likely N-dealkylation sites (tertiary alicyclic amines) is 1. The molecule has 0 amide bonds. The number of piperidine rings is 1. The van der Waals surface area contributed by atoms with Crippen LogP contribution in [-0.2, 0) is 0 Å². The number of benzene rings is 2. The van der Waals surface area contributed by atoms with Gasteiger partial charge in [0.1, 0.15) is 11.3 Å². The van der Waals surface area contributed by atoms with Crippen molar-refractivity contribution >= 4 is 23.0 Å². The number of aryl methyl sites for hydroxylation is 1. The summed E-state index contributed by atoms with van der Waals surface area (Å²) >= 11 is 0. The number of aromatic hydroxyl groups is 1. The normalized spacial score (nSPS) is 14.3. The van der Waals surface area contributed by atoms with Gasteiger partial charge in [-0.3, -0.25) is 14.4 Å². The van der Waals surface area contributed by atoms with Gasteiger partial charge in [-0.2, -0.15) is 0 Å². The predicted octanol–water partition coefficient (Wildman–Crippen LogP) is 4.74. The maximum absolute atomic E-state index is 13.3. The van der Waals surface area contributed by atoms with E-state index in [0.717, 1.165) is 26.1 Å². The van der Waals surface area contributed by atoms with Crippen LogP contribution in [0.4, 0.5) is 0 Å². The highest BCUT2D eigenvalue weighted by Crippen LogP contribution is 2.36. The summed E-state index contributed by atoms with van der Waals surface area (Å²) in [5, 5.41) is 10.4. The van der Waals surface area contributed by atoms with Gasteiger partial charge in [0.2, 0.25) is 5.43 Å². The average Bonchev–Trinajstić information content (AvgIpc) is 2.85. The molecule has 0 spiro atoms. The summed E-state index contributed by atoms with van der Waals surface area (Å²) in [6, 6.07) is 8.31. The van der Waals surface area contributed by atoms with E-state index in [1.807, 2.05) is 0 Å². The molecule has 7 heteroatoms. The molecule has 178 valence electrons. The van der Waals surface area contributed by atoms with Gasteiger partial charge in [-0.1, -0.05) is 30.7 Å². The van der Waals surface area contributed by atoms with Gasteiger partial charge < -0.3 is 19.2 Å². The molecule has 1 aliphatic rings. The molecule has 1 fully saturated rings. The van der Waals surface area contributed by atoms with Crippen LogP contribution in [0.3, 0.4) is 0 Å². The monoisotopic (exact) mass is 463 g/mol. The van der Waals surface area contributed by atoms with E-state index >= 15 is 0 Å². The molecule has 4 rings (SSSR count). The lowest BCUT2D eigenvalue weighted by Crippen LogP contribution is -2.30. The summed E-state index contributed by atoms with van der Waals surface area (Å²) in [5.41, 5.74) is 1.09. The molecule has 3 aromatic rings. The zero-order valence-corrected chi connectivity index (χ0v) is 19.6. The Morgan fingerprint density at radius 1 is 1.18 bits per heavy atom. The predicted molar refractivity (Wildman–Crippen MR) is 130 cm³/mol. The Labute approximate surface area is 198 Å². The Hall–Kier alpha value is -3.45. The van der Waals surface area contributed by atoms with Crippen molar-refractivity contribution in [3.05, 3.63) is 57.4 Å². The molecule has 1 aliphatic heterocycles. The van der Waals surface area contributed by atoms with Crippen molar-refractivity contribution in [2.45, 2.75) is 39.0 Å². The van der Waals surface area contributed by atoms with Crippen LogP contribution < -0.4 is 10.2 Å². The first-order chi connectivity index (χ1) is 16.4. The van der Waals surface area contributed by atoms with Crippen molar-refractivity contribution in [2.75, 3.05) is 26.7 Å². The minimum atomic E-state index is -0.372. The van der Waals surface area contributed by atoms with E-state index in [9.17, 15) is 19.5 Å². The van der Waals surface area contributed by atoms with Crippen LogP contribution in [0.15, 0.2) is 39.5 Å². The molecule has 0 unspecified atom stereocenters. The topological polar surface area (TPSA) is 97.1 Å². The molecule has 0 radical (unpaired) electrons. The number of hydrogen-bond donors (Lipinski definition) is 1. The van der Waals surface area contributed by atoms with E-state index in [-0.39, 0.29) is 39.2 Å². The Morgan fingerprint density at radius 2 is 1.88 bits per heavy atom. The van der Waals surface area contributed by atoms with Crippen LogP contribution in [-0.4, -0.2) is 48.8 Å². The summed E-state index contributed by atoms with van der Waals surface area (Å²) in [5.74, 6) is 0.0399. The number of fused-ring (bicyclic) bond motifs is 1. The zero-order chi connectivity index (χ0) is 24.2. The molecular weight excluding hydrogens is 434 g/mol. The van der Waals surface area contributed by atoms with Gasteiger partial charge in [0.25, 0.3) is 0 Å². The SMILES string of the molecule is COc1cc2c(=O)c(-c3ccc(C(=O)CCCN4CCCCC4)cc3)c(C)oc2c(C=O)c1O. The lowest BCUT2D eigenvalue weighted by atomic mass is 9.98. The van der Waals surface area contributed by atoms with Gasteiger partial charge in [-0.05, 0) is 57.5 Å². The van der Waals surface area contributed by atoms with Crippen LogP contribution in [0.5, 0.6) is 11.5 Å². The Kier molecular flexibility index (Phi) is 7.12. The minimum Gasteiger partial charge on any atom is -0.504 e. The Morgan fingerprint density at radius 3 is 2.53 bits per heavy atom. The number of rotatable bonds is 8. The number of phenolic OH excluding ortho intramolecular Hbond substituents is 1. The first-order valence-electron chi connectivity index (χ1n) is 11.6. The molecular formula is C27H29NO6. The fourth-order valence-electron chi connectivity index (χ4n) is 4.64. The first-order valence-corrected chi connectivity index (χ1v) is 11.6. The standard InChI is InChI=1S/C27H29NO6/c1-17-24(26(32)20-15-23(33-2)25(31)21(16-29)27(20)34-17)19-10-8-18(9-11-19)22(30)7-6-14-28-12-4-3-5-13-28/h8-11,15-16,31H,3-7,12-14H2,1-2H3. The summed E-state index contributed by atoms with van der Waals surface area (Å²) < 4.78 is 10.9. The van der Waals surface area contributed by atoms with Crippen molar-refractivity contribution in [3.8, 4) is 22.6 Å². The zero-order valence-electron chi connectivity index (χ0n) is 19.6. The number of Topliss-reactive ketones (excluding diaryl/α,β-unsaturated/α-hetero) is 1. The third-order valence-corrected chi connectivity index (χ3v) is 6.49. The lowest BCUT2D eigenvalue weighted by Gasteiger charge is -2.26. The third-order valence-electron chi connectivity index (χ3n) is 6.49. The number of hydrogen-bond acceptors (Lipinski definition) is 7. The second-order valence-corrected chi connectivity index (χ2v) is 8.70. The van der Waals surface area contributed by atoms with Crippen molar-refractivity contribution < 1.29 is 23.8 Å². The fourth-order valence-corrected chi connectivity index (χ4v) is 4.64. The molecule has 0 saturated carbocycles. The van der Waals surface area contributed by atoms with E-state index in [4.69, 9.17) is 9.15 Å². The van der Waals surface area contributed by atoms with Gasteiger partial charge in [0.15, 0.2) is 29.2 Å². The van der Waals surface area contributed by atoms with E-state index < -0.39 is 0 Å². The number of carbonyl (C=O) groups excluding carboxylic acids is 2. The maximum atomic E-state index is 13.3. The van der Waals surface area contributed by atoms with Crippen LogP contribution in [0.25, 0.3) is 22.1 Å². The van der Waals surface area contributed by atoms with Gasteiger partial charge in [0.05, 0.1) is 18.1 Å². The van der Waals surface area contributed by atoms with E-state index in [0.29, 0.717) is 35.2 Å². The average molecular weight is 464 g/mol. The van der Waals surface area contributed by atoms with Crippen molar-refractivity contribution in [2.24, 2.45) is 0 Å². The molecule has 7 nitrogen and oxygen atoms in total. The van der Waals surface area contributed by atoms with E-state index in [1.54, 1.807) is 31.2 Å². The number of phenols is 1. The van der Waals surface area contributed by atoms with E-state index in [1.165, 1.54) is 32.4 Å². The summed E-state index contributed by atoms with van der Waals surface area (Å²) in [4.78, 5) is 39.9. The molecule has 34 heavy (non-hydrogen) atoms. The second-order valence-electron chi connectivity index (χ2n) is 8.70.